The van der Waals surface area contributed by atoms with Crippen molar-refractivity contribution in [1.82, 2.24) is 4.98 Å². The summed E-state index contributed by atoms with van der Waals surface area (Å²) in [6, 6.07) is 7.00. The summed E-state index contributed by atoms with van der Waals surface area (Å²) < 4.78 is 16.6. The van der Waals surface area contributed by atoms with Gasteiger partial charge in [0.2, 0.25) is 5.78 Å². The van der Waals surface area contributed by atoms with Crippen molar-refractivity contribution in [2.24, 2.45) is 0 Å². The van der Waals surface area contributed by atoms with Crippen molar-refractivity contribution in [3.63, 3.8) is 0 Å². The Kier molecular flexibility index (Phi) is 6.74. The van der Waals surface area contributed by atoms with Gasteiger partial charge >= 0.3 is 0 Å². The summed E-state index contributed by atoms with van der Waals surface area (Å²) in [4.78, 5) is 44.7. The second-order valence-electron chi connectivity index (χ2n) is 7.69. The van der Waals surface area contributed by atoms with Gasteiger partial charge in [0, 0.05) is 6.92 Å². The van der Waals surface area contributed by atoms with Gasteiger partial charge in [-0.05, 0) is 50.6 Å². The largest absolute Gasteiger partial charge is 0.503 e. The van der Waals surface area contributed by atoms with Crippen molar-refractivity contribution in [2.45, 2.75) is 33.7 Å². The monoisotopic (exact) mass is 496 g/mol. The number of ketones is 2. The molecule has 9 nitrogen and oxygen atoms in total. The lowest BCUT2D eigenvalue weighted by Crippen LogP contribution is -2.31. The molecule has 0 saturated carbocycles. The Balaban J connectivity index is 1.90. The van der Waals surface area contributed by atoms with Crippen LogP contribution in [0.4, 0.5) is 5.13 Å². The number of thiazole rings is 1. The average molecular weight is 497 g/mol. The van der Waals surface area contributed by atoms with E-state index in [2.05, 4.69) is 4.98 Å². The first kappa shape index (κ1) is 24.2. The maximum Gasteiger partial charge on any atom is 0.296 e. The zero-order chi connectivity index (χ0) is 25.3. The Morgan fingerprint density at radius 2 is 1.89 bits per heavy atom. The molecule has 0 saturated heterocycles. The molecule has 2 aromatic heterocycles. The Morgan fingerprint density at radius 3 is 2.49 bits per heavy atom. The number of carbonyl (C=O) groups is 3. The van der Waals surface area contributed by atoms with Crippen LogP contribution in [0.5, 0.6) is 11.5 Å². The van der Waals surface area contributed by atoms with Crippen LogP contribution < -0.4 is 14.4 Å². The maximum absolute atomic E-state index is 13.4. The number of aliphatic hydroxyl groups is 1. The lowest BCUT2D eigenvalue weighted by molar-refractivity contribution is -0.117. The molecule has 4 rings (SSSR count). The van der Waals surface area contributed by atoms with Crippen LogP contribution in [0, 0.1) is 6.92 Å². The van der Waals surface area contributed by atoms with E-state index in [1.165, 1.54) is 24.2 Å². The molecule has 1 atom stereocenters. The molecular formula is C25H24N2O7S. The summed E-state index contributed by atoms with van der Waals surface area (Å²) in [6.45, 7) is 7.53. The van der Waals surface area contributed by atoms with Crippen molar-refractivity contribution in [3.8, 4) is 11.5 Å². The van der Waals surface area contributed by atoms with E-state index < -0.39 is 23.5 Å². The second-order valence-corrected chi connectivity index (χ2v) is 8.66. The first-order chi connectivity index (χ1) is 16.8. The lowest BCUT2D eigenvalue weighted by atomic mass is 9.95. The molecular weight excluding hydrogens is 472 g/mol. The molecule has 0 radical (unpaired) electrons. The molecule has 1 aliphatic rings. The number of ether oxygens (including phenoxy) is 2. The molecule has 1 amide bonds. The number of hydrogen-bond donors (Lipinski definition) is 1. The summed E-state index contributed by atoms with van der Waals surface area (Å²) in [6.07, 6.45) is 1.34. The highest BCUT2D eigenvalue weighted by molar-refractivity contribution is 7.17. The van der Waals surface area contributed by atoms with Gasteiger partial charge in [0.1, 0.15) is 0 Å². The first-order valence-electron chi connectivity index (χ1n) is 11.0. The Hall–Kier alpha value is -3.92. The van der Waals surface area contributed by atoms with Gasteiger partial charge in [-0.2, -0.15) is 0 Å². The van der Waals surface area contributed by atoms with Crippen LogP contribution >= 0.6 is 11.3 Å². The molecule has 1 aromatic carbocycles. The number of hydrogen-bond acceptors (Lipinski definition) is 9. The van der Waals surface area contributed by atoms with Crippen molar-refractivity contribution in [3.05, 3.63) is 69.8 Å². The molecule has 1 unspecified atom stereocenters. The quantitative estimate of drug-likeness (QED) is 0.419. The number of rotatable bonds is 9. The van der Waals surface area contributed by atoms with E-state index in [1.54, 1.807) is 31.2 Å². The predicted octanol–water partition coefficient (Wildman–Crippen LogP) is 4.83. The number of aryl methyl sites for hydroxylation is 1. The molecule has 0 bridgehead atoms. The van der Waals surface area contributed by atoms with Crippen molar-refractivity contribution < 1.29 is 33.4 Å². The van der Waals surface area contributed by atoms with Crippen molar-refractivity contribution in [2.75, 3.05) is 18.1 Å². The van der Waals surface area contributed by atoms with E-state index >= 15 is 0 Å². The SMILES string of the molecule is CCOc1ccc(C2C(C(=O)c3ccco3)=C(O)C(=O)N2c2nc(C)c(C(C)=O)s2)cc1OCC. The predicted molar refractivity (Wildman–Crippen MR) is 129 cm³/mol. The molecule has 0 fully saturated rings. The summed E-state index contributed by atoms with van der Waals surface area (Å²) in [5.74, 6) is -1.44. The van der Waals surface area contributed by atoms with Gasteiger partial charge in [0.15, 0.2) is 33.9 Å². The molecule has 35 heavy (non-hydrogen) atoms. The van der Waals surface area contributed by atoms with Gasteiger partial charge < -0.3 is 19.0 Å². The number of aromatic nitrogens is 1. The summed E-state index contributed by atoms with van der Waals surface area (Å²) in [5, 5.41) is 11.1. The third-order valence-corrected chi connectivity index (χ3v) is 6.65. The highest BCUT2D eigenvalue weighted by Gasteiger charge is 2.47. The van der Waals surface area contributed by atoms with Crippen LogP contribution in [0.1, 0.15) is 58.3 Å². The molecule has 10 heteroatoms. The Morgan fingerprint density at radius 1 is 1.17 bits per heavy atom. The zero-order valence-corrected chi connectivity index (χ0v) is 20.5. The number of benzene rings is 1. The third-order valence-electron chi connectivity index (χ3n) is 5.39. The number of aliphatic hydroxyl groups excluding tert-OH is 1. The summed E-state index contributed by atoms with van der Waals surface area (Å²) in [7, 11) is 0. The molecule has 182 valence electrons. The minimum absolute atomic E-state index is 0.0260. The maximum atomic E-state index is 13.4. The van der Waals surface area contributed by atoms with Crippen LogP contribution in [0.2, 0.25) is 0 Å². The number of amides is 1. The number of carbonyl (C=O) groups excluding carboxylic acids is 3. The van der Waals surface area contributed by atoms with Crippen molar-refractivity contribution in [1.29, 1.82) is 0 Å². The Labute approximate surface area is 205 Å². The molecule has 0 spiro atoms. The molecule has 1 N–H and O–H groups in total. The topological polar surface area (TPSA) is 119 Å². The van der Waals surface area contributed by atoms with Gasteiger partial charge in [-0.1, -0.05) is 17.4 Å². The minimum atomic E-state index is -1.04. The zero-order valence-electron chi connectivity index (χ0n) is 19.7. The standard InChI is InChI=1S/C25H24N2O7S/c1-5-32-16-10-9-15(12-18(16)33-6-2)20-19(21(29)17-8-7-11-34-17)22(30)24(31)27(20)25-26-13(3)23(35-25)14(4)28/h7-12,20,30H,5-6H2,1-4H3. The van der Waals surface area contributed by atoms with Gasteiger partial charge in [0.25, 0.3) is 5.91 Å². The highest BCUT2D eigenvalue weighted by atomic mass is 32.1. The normalized spacial score (nSPS) is 15.6. The summed E-state index contributed by atoms with van der Waals surface area (Å²) in [5.41, 5.74) is 0.784. The van der Waals surface area contributed by atoms with E-state index in [0.717, 1.165) is 11.3 Å². The van der Waals surface area contributed by atoms with Crippen LogP contribution in [-0.2, 0) is 4.79 Å². The van der Waals surface area contributed by atoms with Crippen molar-refractivity contribution >= 4 is 33.9 Å². The van der Waals surface area contributed by atoms with Gasteiger partial charge in [-0.15, -0.1) is 0 Å². The van der Waals surface area contributed by atoms with Gasteiger partial charge in [-0.25, -0.2) is 4.98 Å². The Bertz CT molecular complexity index is 1320. The fourth-order valence-corrected chi connectivity index (χ4v) is 4.93. The number of Topliss-reactive ketones (excluding diaryl/α,β-unsaturated/α-hetero) is 2. The molecule has 3 heterocycles. The van der Waals surface area contributed by atoms with Crippen LogP contribution in [0.15, 0.2) is 52.3 Å². The van der Waals surface area contributed by atoms with E-state index in [4.69, 9.17) is 13.9 Å². The van der Waals surface area contributed by atoms with E-state index in [1.807, 2.05) is 13.8 Å². The van der Waals surface area contributed by atoms with Crippen LogP contribution in [0.3, 0.4) is 0 Å². The third kappa shape index (κ3) is 4.32. The number of nitrogens with zero attached hydrogens (tertiary/aromatic N) is 2. The number of furan rings is 1. The smallest absolute Gasteiger partial charge is 0.296 e. The van der Waals surface area contributed by atoms with Gasteiger partial charge in [-0.3, -0.25) is 19.3 Å². The number of anilines is 1. The second kappa shape index (κ2) is 9.75. The van der Waals surface area contributed by atoms with E-state index in [0.29, 0.717) is 40.8 Å². The van der Waals surface area contributed by atoms with E-state index in [9.17, 15) is 19.5 Å². The average Bonchev–Trinajstić information content (AvgIpc) is 3.54. The van der Waals surface area contributed by atoms with E-state index in [-0.39, 0.29) is 22.2 Å². The molecule has 1 aliphatic heterocycles. The minimum Gasteiger partial charge on any atom is -0.503 e. The fraction of sp³-hybridized carbons (Fsp3) is 0.280. The molecule has 0 aliphatic carbocycles. The van der Waals surface area contributed by atoms with Gasteiger partial charge in [0.05, 0.1) is 41.7 Å². The highest BCUT2D eigenvalue weighted by Crippen LogP contribution is 2.45. The fourth-order valence-electron chi connectivity index (χ4n) is 3.94. The van der Waals surface area contributed by atoms with Crippen LogP contribution in [0.25, 0.3) is 0 Å². The first-order valence-corrected chi connectivity index (χ1v) is 11.8. The summed E-state index contributed by atoms with van der Waals surface area (Å²) >= 11 is 1.02. The lowest BCUT2D eigenvalue weighted by Gasteiger charge is -2.25. The molecule has 3 aromatic rings. The van der Waals surface area contributed by atoms with Crippen LogP contribution in [-0.4, -0.2) is 40.8 Å².